The third-order valence-electron chi connectivity index (χ3n) is 3.13. The van der Waals surface area contributed by atoms with Crippen molar-refractivity contribution in [1.82, 2.24) is 25.5 Å². The van der Waals surface area contributed by atoms with Gasteiger partial charge in [0.2, 0.25) is 5.91 Å². The number of nitrogens with zero attached hydrogens (tertiary/aromatic N) is 5. The van der Waals surface area contributed by atoms with E-state index in [-0.39, 0.29) is 18.0 Å². The molecule has 0 saturated carbocycles. The zero-order valence-corrected chi connectivity index (χ0v) is 13.0. The second kappa shape index (κ2) is 7.83. The number of amides is 1. The Balaban J connectivity index is 2.12. The first kappa shape index (κ1) is 17.8. The Morgan fingerprint density at radius 1 is 1.42 bits per heavy atom. The van der Waals surface area contributed by atoms with Crippen molar-refractivity contribution in [3.05, 3.63) is 6.33 Å². The molecule has 0 bridgehead atoms. The number of aromatic nitrogens is 4. The number of thioether (sulfide) groups is 1. The summed E-state index contributed by atoms with van der Waals surface area (Å²) in [7, 11) is 0. The molecule has 0 radical (unpaired) electrons. The van der Waals surface area contributed by atoms with Crippen LogP contribution in [-0.2, 0) is 20.9 Å². The van der Waals surface area contributed by atoms with E-state index in [1.165, 1.54) is 6.33 Å². The smallest absolute Gasteiger partial charge is 0.350 e. The van der Waals surface area contributed by atoms with E-state index in [0.717, 1.165) is 16.4 Å². The summed E-state index contributed by atoms with van der Waals surface area (Å²) in [6.45, 7) is -0.697. The molecular formula is C11H14N6O6S. The van der Waals surface area contributed by atoms with Gasteiger partial charge in [0.05, 0.1) is 6.61 Å². The Labute approximate surface area is 138 Å². The van der Waals surface area contributed by atoms with Gasteiger partial charge in [-0.15, -0.1) is 16.9 Å². The van der Waals surface area contributed by atoms with Gasteiger partial charge in [-0.25, -0.2) is 14.3 Å². The van der Waals surface area contributed by atoms with Crippen LogP contribution in [0.15, 0.2) is 11.3 Å². The number of hydrogen-bond acceptors (Lipinski definition) is 9. The van der Waals surface area contributed by atoms with Crippen molar-refractivity contribution >= 4 is 35.3 Å². The van der Waals surface area contributed by atoms with Crippen LogP contribution in [0.3, 0.4) is 0 Å². The summed E-state index contributed by atoms with van der Waals surface area (Å²) in [5, 5.41) is 39.0. The summed E-state index contributed by atoms with van der Waals surface area (Å²) in [4.78, 5) is 38.4. The SMILES string of the molecule is O=C(Cn1cnnn1)NC(C(=O)O)C1N=C(C(=O)O)C(CO)CS1. The van der Waals surface area contributed by atoms with Gasteiger partial charge in [-0.3, -0.25) is 9.79 Å². The number of carbonyl (C=O) groups excluding carboxylic acids is 1. The number of carboxylic acids is 2. The van der Waals surface area contributed by atoms with E-state index in [9.17, 15) is 19.5 Å². The number of carboxylic acid groups (broad SMARTS) is 2. The van der Waals surface area contributed by atoms with Gasteiger partial charge in [0.25, 0.3) is 0 Å². The first-order chi connectivity index (χ1) is 11.4. The molecule has 1 aliphatic rings. The van der Waals surface area contributed by atoms with Crippen LogP contribution in [-0.4, -0.2) is 82.9 Å². The number of aliphatic carboxylic acids is 2. The lowest BCUT2D eigenvalue weighted by atomic mass is 10.1. The number of aliphatic imine (C=N–C) groups is 1. The van der Waals surface area contributed by atoms with Crippen molar-refractivity contribution in [1.29, 1.82) is 0 Å². The molecule has 3 unspecified atom stereocenters. The normalized spacial score (nSPS) is 21.6. The molecule has 13 heteroatoms. The lowest BCUT2D eigenvalue weighted by molar-refractivity contribution is -0.142. The van der Waals surface area contributed by atoms with Crippen molar-refractivity contribution < 1.29 is 29.7 Å². The highest BCUT2D eigenvalue weighted by atomic mass is 32.2. The number of hydrogen-bond donors (Lipinski definition) is 4. The lowest BCUT2D eigenvalue weighted by Crippen LogP contribution is -2.50. The topological polar surface area (TPSA) is 180 Å². The molecule has 1 aliphatic heterocycles. The van der Waals surface area contributed by atoms with E-state index in [4.69, 9.17) is 10.2 Å². The quantitative estimate of drug-likeness (QED) is 0.405. The van der Waals surface area contributed by atoms with E-state index >= 15 is 0 Å². The molecule has 0 aromatic carbocycles. The first-order valence-electron chi connectivity index (χ1n) is 6.68. The van der Waals surface area contributed by atoms with Gasteiger partial charge in [-0.05, 0) is 10.4 Å². The summed E-state index contributed by atoms with van der Waals surface area (Å²) in [6, 6.07) is -1.42. The van der Waals surface area contributed by atoms with Crippen LogP contribution in [0.1, 0.15) is 0 Å². The fraction of sp³-hybridized carbons (Fsp3) is 0.545. The average molecular weight is 358 g/mol. The van der Waals surface area contributed by atoms with Crippen molar-refractivity contribution in [2.24, 2.45) is 10.9 Å². The fourth-order valence-electron chi connectivity index (χ4n) is 1.99. The molecular weight excluding hydrogens is 344 g/mol. The Morgan fingerprint density at radius 3 is 2.71 bits per heavy atom. The van der Waals surface area contributed by atoms with E-state index in [1.807, 2.05) is 0 Å². The van der Waals surface area contributed by atoms with E-state index in [2.05, 4.69) is 25.8 Å². The highest BCUT2D eigenvalue weighted by molar-refractivity contribution is 8.00. The minimum Gasteiger partial charge on any atom is -0.480 e. The molecule has 4 N–H and O–H groups in total. The molecule has 3 atom stereocenters. The predicted octanol–water partition coefficient (Wildman–Crippen LogP) is -2.55. The van der Waals surface area contributed by atoms with Crippen LogP contribution < -0.4 is 5.32 Å². The van der Waals surface area contributed by atoms with Crippen LogP contribution in [0.4, 0.5) is 0 Å². The van der Waals surface area contributed by atoms with Gasteiger partial charge >= 0.3 is 11.9 Å². The maximum absolute atomic E-state index is 11.9. The zero-order chi connectivity index (χ0) is 17.7. The van der Waals surface area contributed by atoms with Crippen molar-refractivity contribution in [2.75, 3.05) is 12.4 Å². The average Bonchev–Trinajstić information content (AvgIpc) is 3.04. The standard InChI is InChI=1S/C11H14N6O6S/c18-2-5-3-24-9(14-7(5)10(20)21)8(11(22)23)13-6(19)1-17-4-12-15-16-17/h4-5,8-9,18H,1-3H2,(H,13,19)(H,20,21)(H,22,23). The number of nitrogens with one attached hydrogen (secondary N) is 1. The third kappa shape index (κ3) is 4.26. The maximum atomic E-state index is 11.9. The first-order valence-corrected chi connectivity index (χ1v) is 7.73. The summed E-state index contributed by atoms with van der Waals surface area (Å²) < 4.78 is 1.11. The molecule has 2 rings (SSSR count). The number of rotatable bonds is 7. The number of aliphatic hydroxyl groups is 1. The Bertz CT molecular complexity index is 649. The molecule has 24 heavy (non-hydrogen) atoms. The van der Waals surface area contributed by atoms with Crippen LogP contribution in [0, 0.1) is 5.92 Å². The summed E-state index contributed by atoms with van der Waals surface area (Å²) in [5.74, 6) is -3.85. The minimum absolute atomic E-state index is 0.180. The molecule has 0 saturated heterocycles. The third-order valence-corrected chi connectivity index (χ3v) is 4.44. The molecule has 1 amide bonds. The van der Waals surface area contributed by atoms with Crippen LogP contribution >= 0.6 is 11.8 Å². The van der Waals surface area contributed by atoms with E-state index in [1.54, 1.807) is 0 Å². The summed E-state index contributed by atoms with van der Waals surface area (Å²) in [5.41, 5.74) is -0.303. The second-order valence-corrected chi connectivity index (χ2v) is 5.96. The lowest BCUT2D eigenvalue weighted by Gasteiger charge is -2.28. The zero-order valence-electron chi connectivity index (χ0n) is 12.1. The van der Waals surface area contributed by atoms with Gasteiger partial charge in [-0.1, -0.05) is 0 Å². The van der Waals surface area contributed by atoms with Crippen LogP contribution in [0.2, 0.25) is 0 Å². The molecule has 1 aromatic heterocycles. The second-order valence-electron chi connectivity index (χ2n) is 4.81. The van der Waals surface area contributed by atoms with Gasteiger partial charge in [0.1, 0.15) is 24.0 Å². The van der Waals surface area contributed by atoms with Gasteiger partial charge in [0, 0.05) is 11.7 Å². The highest BCUT2D eigenvalue weighted by Crippen LogP contribution is 2.26. The molecule has 0 spiro atoms. The Hall–Kier alpha value is -2.54. The van der Waals surface area contributed by atoms with Crippen molar-refractivity contribution in [2.45, 2.75) is 18.0 Å². The van der Waals surface area contributed by atoms with Crippen molar-refractivity contribution in [3.8, 4) is 0 Å². The van der Waals surface area contributed by atoms with Gasteiger partial charge < -0.3 is 20.6 Å². The maximum Gasteiger partial charge on any atom is 0.350 e. The highest BCUT2D eigenvalue weighted by Gasteiger charge is 2.36. The minimum atomic E-state index is -1.42. The van der Waals surface area contributed by atoms with Crippen LogP contribution in [0.5, 0.6) is 0 Å². The number of aliphatic hydroxyl groups excluding tert-OH is 1. The molecule has 2 heterocycles. The van der Waals surface area contributed by atoms with Crippen LogP contribution in [0.25, 0.3) is 0 Å². The molecule has 1 aromatic rings. The molecule has 12 nitrogen and oxygen atoms in total. The number of carbonyl (C=O) groups is 3. The molecule has 0 aliphatic carbocycles. The van der Waals surface area contributed by atoms with E-state index in [0.29, 0.717) is 0 Å². The monoisotopic (exact) mass is 358 g/mol. The fourth-order valence-corrected chi connectivity index (χ4v) is 3.24. The number of tetrazole rings is 1. The molecule has 130 valence electrons. The Kier molecular flexibility index (Phi) is 5.81. The largest absolute Gasteiger partial charge is 0.480 e. The van der Waals surface area contributed by atoms with Gasteiger partial charge in [-0.2, -0.15) is 0 Å². The van der Waals surface area contributed by atoms with Gasteiger partial charge in [0.15, 0.2) is 6.04 Å². The molecule has 0 fully saturated rings. The Morgan fingerprint density at radius 2 is 2.17 bits per heavy atom. The van der Waals surface area contributed by atoms with E-state index < -0.39 is 41.8 Å². The summed E-state index contributed by atoms with van der Waals surface area (Å²) in [6.07, 6.45) is 1.19. The predicted molar refractivity (Wildman–Crippen MR) is 79.3 cm³/mol. The van der Waals surface area contributed by atoms with Crippen molar-refractivity contribution in [3.63, 3.8) is 0 Å². The summed E-state index contributed by atoms with van der Waals surface area (Å²) >= 11 is 1.05.